The van der Waals surface area contributed by atoms with Gasteiger partial charge in [-0.25, -0.2) is 23.3 Å². The number of alkyl carbamates (subject to hydrolysis) is 1. The lowest BCUT2D eigenvalue weighted by Gasteiger charge is -2.37. The van der Waals surface area contributed by atoms with Crippen LogP contribution in [-0.2, 0) is 24.4 Å². The normalized spacial score (nSPS) is 17.3. The van der Waals surface area contributed by atoms with Crippen LogP contribution in [0, 0.1) is 5.92 Å². The number of aliphatic imine (C=N–C) groups is 1. The number of benzene rings is 2. The third-order valence-electron chi connectivity index (χ3n) is 7.93. The molecule has 0 aromatic heterocycles. The van der Waals surface area contributed by atoms with Crippen LogP contribution >= 0.6 is 0 Å². The van der Waals surface area contributed by atoms with E-state index in [4.69, 9.17) is 21.0 Å². The van der Waals surface area contributed by atoms with E-state index in [1.165, 1.54) is 9.37 Å². The minimum Gasteiger partial charge on any atom is -0.446 e. The summed E-state index contributed by atoms with van der Waals surface area (Å²) in [7, 11) is -3.61. The van der Waals surface area contributed by atoms with Gasteiger partial charge in [0.1, 0.15) is 11.9 Å². The van der Waals surface area contributed by atoms with E-state index in [-0.39, 0.29) is 48.2 Å². The van der Waals surface area contributed by atoms with Gasteiger partial charge in [-0.3, -0.25) is 9.63 Å². The van der Waals surface area contributed by atoms with Crippen LogP contribution < -0.4 is 16.8 Å². The zero-order valence-corrected chi connectivity index (χ0v) is 25.7. The number of ether oxygens (including phenoxy) is 1. The van der Waals surface area contributed by atoms with Crippen molar-refractivity contribution in [3.8, 4) is 11.1 Å². The van der Waals surface area contributed by atoms with Gasteiger partial charge in [0.05, 0.1) is 17.2 Å². The Morgan fingerprint density at radius 3 is 2.61 bits per heavy atom. The molecule has 1 saturated carbocycles. The first-order valence-corrected chi connectivity index (χ1v) is 16.5. The lowest BCUT2D eigenvalue weighted by Crippen LogP contribution is -2.52. The molecule has 0 unspecified atom stereocenters. The van der Waals surface area contributed by atoms with Crippen molar-refractivity contribution < 1.29 is 27.6 Å². The number of carbonyl (C=O) groups excluding carboxylic acids is 2. The summed E-state index contributed by atoms with van der Waals surface area (Å²) in [6, 6.07) is 12.3. The number of fused-ring (bicyclic) bond motifs is 1. The van der Waals surface area contributed by atoms with E-state index in [1.807, 2.05) is 31.2 Å². The van der Waals surface area contributed by atoms with Gasteiger partial charge in [-0.05, 0) is 73.5 Å². The number of nitrogens with zero attached hydrogens (tertiary/aromatic N) is 3. The molecule has 2 heterocycles. The highest BCUT2D eigenvalue weighted by Crippen LogP contribution is 2.34. The van der Waals surface area contributed by atoms with E-state index in [9.17, 15) is 18.0 Å². The van der Waals surface area contributed by atoms with E-state index >= 15 is 0 Å². The number of hydrogen-bond donors (Lipinski definition) is 3. The Morgan fingerprint density at radius 2 is 1.91 bits per heavy atom. The van der Waals surface area contributed by atoms with Crippen LogP contribution in [0.25, 0.3) is 17.2 Å². The van der Waals surface area contributed by atoms with Crippen LogP contribution in [0.2, 0.25) is 0 Å². The average Bonchev–Trinajstić information content (AvgIpc) is 3.13. The molecule has 5 N–H and O–H groups in total. The Bertz CT molecular complexity index is 1550. The fourth-order valence-electron chi connectivity index (χ4n) is 5.14. The second-order valence-corrected chi connectivity index (χ2v) is 13.2. The van der Waals surface area contributed by atoms with Gasteiger partial charge < -0.3 is 21.5 Å². The van der Waals surface area contributed by atoms with Gasteiger partial charge in [-0.15, -0.1) is 0 Å². The zero-order chi connectivity index (χ0) is 31.3. The molecule has 2 amide bonds. The van der Waals surface area contributed by atoms with E-state index in [1.54, 1.807) is 24.3 Å². The molecule has 0 spiro atoms. The van der Waals surface area contributed by atoms with Crippen molar-refractivity contribution in [2.45, 2.75) is 50.0 Å². The quantitative estimate of drug-likeness (QED) is 0.239. The van der Waals surface area contributed by atoms with Gasteiger partial charge in [-0.1, -0.05) is 31.2 Å². The predicted molar refractivity (Wildman–Crippen MR) is 167 cm³/mol. The molecule has 0 radical (unpaired) electrons. The average molecular weight is 625 g/mol. The first-order valence-electron chi connectivity index (χ1n) is 15.1. The van der Waals surface area contributed by atoms with Gasteiger partial charge in [-0.2, -0.15) is 4.31 Å². The van der Waals surface area contributed by atoms with E-state index < -0.39 is 16.1 Å². The Balaban J connectivity index is 1.28. The molecule has 236 valence electrons. The van der Waals surface area contributed by atoms with Crippen LogP contribution in [0.5, 0.6) is 0 Å². The van der Waals surface area contributed by atoms with Crippen LogP contribution in [0.15, 0.2) is 57.9 Å². The molecule has 1 aliphatic carbocycles. The fourth-order valence-corrected chi connectivity index (χ4v) is 6.78. The summed E-state index contributed by atoms with van der Waals surface area (Å²) in [5.74, 6) is 0.121. The van der Waals surface area contributed by atoms with Crippen molar-refractivity contribution in [3.05, 3.63) is 53.6 Å². The highest BCUT2D eigenvalue weighted by molar-refractivity contribution is 7.89. The van der Waals surface area contributed by atoms with Crippen molar-refractivity contribution in [2.75, 3.05) is 39.3 Å². The largest absolute Gasteiger partial charge is 0.446 e. The molecule has 12 nitrogen and oxygen atoms in total. The fraction of sp³-hybridized carbons (Fsp3) is 0.452. The summed E-state index contributed by atoms with van der Waals surface area (Å²) in [4.78, 5) is 35.9. The molecule has 1 saturated heterocycles. The molecule has 2 fully saturated rings. The van der Waals surface area contributed by atoms with Crippen molar-refractivity contribution in [1.82, 2.24) is 14.7 Å². The monoisotopic (exact) mass is 624 g/mol. The molecular formula is C31H40N6O6S. The van der Waals surface area contributed by atoms with Crippen molar-refractivity contribution >= 4 is 39.6 Å². The van der Waals surface area contributed by atoms with Crippen LogP contribution in [0.1, 0.15) is 44.6 Å². The maximum absolute atomic E-state index is 13.5. The second kappa shape index (κ2) is 13.9. The summed E-state index contributed by atoms with van der Waals surface area (Å²) < 4.78 is 32.9. The van der Waals surface area contributed by atoms with E-state index in [0.717, 1.165) is 30.4 Å². The maximum atomic E-state index is 13.5. The van der Waals surface area contributed by atoms with E-state index in [2.05, 4.69) is 10.3 Å². The Labute approximate surface area is 258 Å². The first-order chi connectivity index (χ1) is 21.2. The van der Waals surface area contributed by atoms with Crippen LogP contribution in [0.4, 0.5) is 10.5 Å². The molecule has 3 aliphatic rings. The lowest BCUT2D eigenvalue weighted by atomic mass is 9.96. The van der Waals surface area contributed by atoms with Crippen molar-refractivity contribution in [3.63, 3.8) is 0 Å². The van der Waals surface area contributed by atoms with Gasteiger partial charge in [0, 0.05) is 43.7 Å². The lowest BCUT2D eigenvalue weighted by molar-refractivity contribution is -0.181. The van der Waals surface area contributed by atoms with Gasteiger partial charge in [0.2, 0.25) is 10.0 Å². The Hall–Kier alpha value is -3.78. The third kappa shape index (κ3) is 7.29. The summed E-state index contributed by atoms with van der Waals surface area (Å²) in [6.45, 7) is 3.91. The number of rotatable bonds is 12. The summed E-state index contributed by atoms with van der Waals surface area (Å²) in [5, 5.41) is 3.94. The highest BCUT2D eigenvalue weighted by atomic mass is 32.2. The number of amidine groups is 1. The first kappa shape index (κ1) is 31.6. The molecule has 44 heavy (non-hydrogen) atoms. The molecule has 2 aromatic carbocycles. The summed E-state index contributed by atoms with van der Waals surface area (Å²) in [6.07, 6.45) is 4.91. The number of hydrogen-bond acceptors (Lipinski definition) is 9. The Kier molecular flexibility index (Phi) is 9.99. The smallest absolute Gasteiger partial charge is 0.407 e. The number of hydroxylamine groups is 2. The van der Waals surface area contributed by atoms with Crippen LogP contribution in [-0.4, -0.2) is 81.1 Å². The predicted octanol–water partition coefficient (Wildman–Crippen LogP) is 3.16. The van der Waals surface area contributed by atoms with Gasteiger partial charge >= 0.3 is 6.09 Å². The van der Waals surface area contributed by atoms with Gasteiger partial charge in [0.15, 0.2) is 0 Å². The number of sulfonamides is 1. The molecule has 5 rings (SSSR count). The van der Waals surface area contributed by atoms with E-state index in [0.29, 0.717) is 49.4 Å². The highest BCUT2D eigenvalue weighted by Gasteiger charge is 2.36. The summed E-state index contributed by atoms with van der Waals surface area (Å²) in [5.41, 5.74) is 15.1. The SMILES string of the molecule is CCCN(OCCNC(=O)OC1CCC1)C(=O)C1=Cc2ccc(-c3cccc(S(=O)(=O)N4CC(CN)C4)c3)cc2N=C(N)C1. The van der Waals surface area contributed by atoms with Gasteiger partial charge in [0.25, 0.3) is 5.91 Å². The minimum atomic E-state index is -3.61. The molecule has 2 aliphatic heterocycles. The molecule has 0 atom stereocenters. The molecular weight excluding hydrogens is 584 g/mol. The third-order valence-corrected chi connectivity index (χ3v) is 9.76. The number of carbonyl (C=O) groups is 2. The van der Waals surface area contributed by atoms with Crippen LogP contribution in [0.3, 0.4) is 0 Å². The molecule has 0 bridgehead atoms. The second-order valence-electron chi connectivity index (χ2n) is 11.3. The standard InChI is InChI=1S/C31H40N6O6S/c1-2-12-37(42-13-11-34-31(39)43-26-6-4-7-26)30(38)25-14-24-10-9-23(16-28(24)35-29(33)17-25)22-5-3-8-27(15-22)44(40,41)36-19-21(18-32)20-36/h3,5,8-10,14-16,21,26H,2,4,6-7,11-13,17-20,32H2,1H3,(H2,33,35)(H,34,39). The number of amides is 2. The van der Waals surface area contributed by atoms with Crippen molar-refractivity contribution in [1.29, 1.82) is 0 Å². The topological polar surface area (TPSA) is 170 Å². The minimum absolute atomic E-state index is 0.0103. The maximum Gasteiger partial charge on any atom is 0.407 e. The zero-order valence-electron chi connectivity index (χ0n) is 24.9. The van der Waals surface area contributed by atoms with Crippen molar-refractivity contribution in [2.24, 2.45) is 22.4 Å². The molecule has 2 aromatic rings. The number of nitrogens with one attached hydrogen (secondary N) is 1. The summed E-state index contributed by atoms with van der Waals surface area (Å²) >= 11 is 0. The number of nitrogens with two attached hydrogens (primary N) is 2. The Morgan fingerprint density at radius 1 is 1.14 bits per heavy atom. The molecule has 13 heteroatoms.